The summed E-state index contributed by atoms with van der Waals surface area (Å²) in [5, 5.41) is 5.13. The Morgan fingerprint density at radius 2 is 1.77 bits per heavy atom. The number of alkyl halides is 3. The van der Waals surface area contributed by atoms with E-state index in [-0.39, 0.29) is 13.1 Å². The van der Waals surface area contributed by atoms with Gasteiger partial charge in [0, 0.05) is 11.1 Å². The van der Waals surface area contributed by atoms with Crippen LogP contribution in [0.3, 0.4) is 0 Å². The summed E-state index contributed by atoms with van der Waals surface area (Å²) in [7, 11) is 0. The molecule has 0 atom stereocenters. The Kier molecular flexibility index (Phi) is 6.42. The summed E-state index contributed by atoms with van der Waals surface area (Å²) in [5.74, 6) is 6.33. The second-order valence-corrected chi connectivity index (χ2v) is 6.40. The molecule has 0 saturated heterocycles. The Morgan fingerprint density at radius 1 is 1.07 bits per heavy atom. The first-order valence-electron chi connectivity index (χ1n) is 9.01. The Balaban J connectivity index is 1.44. The molecule has 0 aliphatic heterocycles. The fourth-order valence-corrected chi connectivity index (χ4v) is 2.47. The van der Waals surface area contributed by atoms with Crippen LogP contribution in [0, 0.1) is 18.8 Å². The molecule has 0 aliphatic carbocycles. The molecule has 0 fully saturated rings. The van der Waals surface area contributed by atoms with Crippen LogP contribution in [-0.4, -0.2) is 17.6 Å². The van der Waals surface area contributed by atoms with Gasteiger partial charge in [-0.15, -0.1) is 0 Å². The molecule has 8 heteroatoms. The molecule has 2 aromatic carbocycles. The van der Waals surface area contributed by atoms with Gasteiger partial charge in [0.05, 0.1) is 24.8 Å². The van der Waals surface area contributed by atoms with Crippen LogP contribution in [0.2, 0.25) is 0 Å². The average molecular weight is 413 g/mol. The number of nitrogens with zero attached hydrogens (tertiary/aromatic N) is 1. The van der Waals surface area contributed by atoms with Gasteiger partial charge in [-0.3, -0.25) is 0 Å². The summed E-state index contributed by atoms with van der Waals surface area (Å²) in [4.78, 5) is 15.9. The molecule has 0 radical (unpaired) electrons. The topological polar surface area (TPSA) is 67.2 Å². The van der Waals surface area contributed by atoms with Crippen molar-refractivity contribution >= 4 is 6.03 Å². The summed E-state index contributed by atoms with van der Waals surface area (Å²) in [6, 6.07) is 11.8. The predicted octanol–water partition coefficient (Wildman–Crippen LogP) is 4.52. The number of aryl methyl sites for hydroxylation is 1. The first kappa shape index (κ1) is 21.0. The van der Waals surface area contributed by atoms with Crippen molar-refractivity contribution in [1.82, 2.24) is 15.6 Å². The van der Waals surface area contributed by atoms with Gasteiger partial charge in [-0.2, -0.15) is 13.2 Å². The molecule has 2 amide bonds. The third-order valence-corrected chi connectivity index (χ3v) is 4.07. The lowest BCUT2D eigenvalue weighted by Crippen LogP contribution is -2.35. The molecule has 5 nitrogen and oxygen atoms in total. The third-order valence-electron chi connectivity index (χ3n) is 4.07. The van der Waals surface area contributed by atoms with Crippen molar-refractivity contribution in [3.05, 3.63) is 77.3 Å². The molecule has 0 saturated carbocycles. The number of carbonyl (C=O) groups excluding carboxylic acids is 1. The van der Waals surface area contributed by atoms with Crippen LogP contribution in [-0.2, 0) is 12.7 Å². The van der Waals surface area contributed by atoms with Gasteiger partial charge < -0.3 is 15.1 Å². The maximum absolute atomic E-state index is 12.5. The number of carbonyl (C=O) groups is 1. The molecule has 30 heavy (non-hydrogen) atoms. The van der Waals surface area contributed by atoms with Gasteiger partial charge in [-0.1, -0.05) is 41.7 Å². The SMILES string of the molecule is Cc1ccc(-c2cnc(CNC(=O)NCC#Cc3ccc(C(F)(F)F)cc3)o2)cc1. The third kappa shape index (κ3) is 5.88. The van der Waals surface area contributed by atoms with Gasteiger partial charge in [0.1, 0.15) is 0 Å². The standard InChI is InChI=1S/C22H18F3N3O2/c1-15-4-8-17(9-5-15)19-13-27-20(30-19)14-28-21(29)26-12-2-3-16-6-10-18(11-7-16)22(23,24)25/h4-11,13H,12,14H2,1H3,(H2,26,28,29). The minimum Gasteiger partial charge on any atom is -0.439 e. The van der Waals surface area contributed by atoms with E-state index < -0.39 is 17.8 Å². The molecule has 1 aromatic heterocycles. The minimum atomic E-state index is -4.38. The molecule has 0 unspecified atom stereocenters. The highest BCUT2D eigenvalue weighted by molar-refractivity contribution is 5.74. The molecule has 1 heterocycles. The molecule has 3 aromatic rings. The van der Waals surface area contributed by atoms with Crippen LogP contribution >= 0.6 is 0 Å². The van der Waals surface area contributed by atoms with Gasteiger partial charge in [0.2, 0.25) is 5.89 Å². The Bertz CT molecular complexity index is 1060. The van der Waals surface area contributed by atoms with Gasteiger partial charge in [-0.05, 0) is 31.2 Å². The van der Waals surface area contributed by atoms with Crippen LogP contribution in [0.5, 0.6) is 0 Å². The number of amides is 2. The van der Waals surface area contributed by atoms with Gasteiger partial charge in [-0.25, -0.2) is 9.78 Å². The molecule has 0 bridgehead atoms. The number of hydrogen-bond donors (Lipinski definition) is 2. The first-order chi connectivity index (χ1) is 14.3. The molecule has 0 aliphatic rings. The summed E-state index contributed by atoms with van der Waals surface area (Å²) >= 11 is 0. The van der Waals surface area contributed by atoms with Crippen LogP contribution in [0.1, 0.15) is 22.6 Å². The number of oxazole rings is 1. The first-order valence-corrected chi connectivity index (χ1v) is 9.01. The van der Waals surface area contributed by atoms with Crippen molar-refractivity contribution in [2.45, 2.75) is 19.6 Å². The second-order valence-electron chi connectivity index (χ2n) is 6.40. The Labute approximate surface area is 171 Å². The van der Waals surface area contributed by atoms with Crippen molar-refractivity contribution < 1.29 is 22.4 Å². The highest BCUT2D eigenvalue weighted by Gasteiger charge is 2.29. The summed E-state index contributed by atoms with van der Waals surface area (Å²) in [6.07, 6.45) is -2.79. The van der Waals surface area contributed by atoms with Crippen molar-refractivity contribution in [2.75, 3.05) is 6.54 Å². The Hall–Kier alpha value is -3.73. The number of benzene rings is 2. The lowest BCUT2D eigenvalue weighted by atomic mass is 10.1. The van der Waals surface area contributed by atoms with E-state index in [1.165, 1.54) is 12.1 Å². The van der Waals surface area contributed by atoms with E-state index in [0.717, 1.165) is 23.3 Å². The van der Waals surface area contributed by atoms with Crippen LogP contribution in [0.15, 0.2) is 59.1 Å². The van der Waals surface area contributed by atoms with E-state index in [1.807, 2.05) is 31.2 Å². The highest BCUT2D eigenvalue weighted by atomic mass is 19.4. The van der Waals surface area contributed by atoms with Crippen molar-refractivity contribution in [2.24, 2.45) is 0 Å². The molecule has 154 valence electrons. The van der Waals surface area contributed by atoms with Crippen LogP contribution in [0.4, 0.5) is 18.0 Å². The fourth-order valence-electron chi connectivity index (χ4n) is 2.47. The number of nitrogens with one attached hydrogen (secondary N) is 2. The number of urea groups is 1. The molecule has 3 rings (SSSR count). The van der Waals surface area contributed by atoms with Gasteiger partial charge in [0.25, 0.3) is 0 Å². The number of hydrogen-bond acceptors (Lipinski definition) is 3. The largest absolute Gasteiger partial charge is 0.439 e. The maximum atomic E-state index is 12.5. The van der Waals surface area contributed by atoms with Gasteiger partial charge >= 0.3 is 12.2 Å². The number of rotatable bonds is 4. The number of aromatic nitrogens is 1. The van der Waals surface area contributed by atoms with Gasteiger partial charge in [0.15, 0.2) is 5.76 Å². The Morgan fingerprint density at radius 3 is 2.43 bits per heavy atom. The van der Waals surface area contributed by atoms with E-state index in [0.29, 0.717) is 17.2 Å². The monoisotopic (exact) mass is 413 g/mol. The van der Waals surface area contributed by atoms with E-state index in [1.54, 1.807) is 6.20 Å². The highest BCUT2D eigenvalue weighted by Crippen LogP contribution is 2.28. The quantitative estimate of drug-likeness (QED) is 0.618. The predicted molar refractivity (Wildman–Crippen MR) is 105 cm³/mol. The maximum Gasteiger partial charge on any atom is 0.416 e. The number of halogens is 3. The summed E-state index contributed by atoms with van der Waals surface area (Å²) in [6.45, 7) is 2.13. The second kappa shape index (κ2) is 9.18. The van der Waals surface area contributed by atoms with E-state index in [2.05, 4.69) is 27.5 Å². The van der Waals surface area contributed by atoms with E-state index in [4.69, 9.17) is 4.42 Å². The normalized spacial score (nSPS) is 10.8. The minimum absolute atomic E-state index is 0.0348. The lowest BCUT2D eigenvalue weighted by molar-refractivity contribution is -0.137. The lowest BCUT2D eigenvalue weighted by Gasteiger charge is -2.05. The van der Waals surface area contributed by atoms with Crippen LogP contribution < -0.4 is 10.6 Å². The van der Waals surface area contributed by atoms with Crippen LogP contribution in [0.25, 0.3) is 11.3 Å². The molecular formula is C22H18F3N3O2. The van der Waals surface area contributed by atoms with Crippen molar-refractivity contribution in [1.29, 1.82) is 0 Å². The smallest absolute Gasteiger partial charge is 0.416 e. The van der Waals surface area contributed by atoms with Crippen molar-refractivity contribution in [3.63, 3.8) is 0 Å². The van der Waals surface area contributed by atoms with E-state index in [9.17, 15) is 18.0 Å². The average Bonchev–Trinajstić information content (AvgIpc) is 3.19. The molecular weight excluding hydrogens is 395 g/mol. The zero-order chi connectivity index (χ0) is 21.6. The summed E-state index contributed by atoms with van der Waals surface area (Å²) < 4.78 is 43.1. The van der Waals surface area contributed by atoms with E-state index >= 15 is 0 Å². The zero-order valence-electron chi connectivity index (χ0n) is 16.0. The molecule has 2 N–H and O–H groups in total. The zero-order valence-corrected chi connectivity index (χ0v) is 16.0. The van der Waals surface area contributed by atoms with Crippen molar-refractivity contribution in [3.8, 4) is 23.2 Å². The molecule has 0 spiro atoms. The summed E-state index contributed by atoms with van der Waals surface area (Å²) in [5.41, 5.74) is 1.72. The fraction of sp³-hybridized carbons (Fsp3) is 0.182.